The highest BCUT2D eigenvalue weighted by Crippen LogP contribution is 2.28. The van der Waals surface area contributed by atoms with Crippen LogP contribution in [0.4, 0.5) is 0 Å². The van der Waals surface area contributed by atoms with Crippen molar-refractivity contribution in [3.05, 3.63) is 29.8 Å². The van der Waals surface area contributed by atoms with Gasteiger partial charge in [-0.05, 0) is 29.5 Å². The van der Waals surface area contributed by atoms with E-state index in [9.17, 15) is 0 Å². The Morgan fingerprint density at radius 1 is 1.06 bits per heavy atom. The van der Waals surface area contributed by atoms with Gasteiger partial charge in [-0.3, -0.25) is 0 Å². The summed E-state index contributed by atoms with van der Waals surface area (Å²) in [5.41, 5.74) is 1.78. The fourth-order valence-electron chi connectivity index (χ4n) is 1.52. The molecule has 0 aliphatic rings. The first-order chi connectivity index (χ1) is 8.30. The summed E-state index contributed by atoms with van der Waals surface area (Å²) in [6.45, 7) is 11.9. The van der Waals surface area contributed by atoms with Crippen LogP contribution in [0.1, 0.15) is 46.6 Å². The minimum Gasteiger partial charge on any atom is -0.493 e. The van der Waals surface area contributed by atoms with E-state index in [0.29, 0.717) is 0 Å². The second-order valence-electron chi connectivity index (χ2n) is 6.35. The highest BCUT2D eigenvalue weighted by Gasteiger charge is 2.19. The van der Waals surface area contributed by atoms with E-state index in [1.54, 1.807) is 0 Å². The number of rotatable bonds is 6. The Morgan fingerprint density at radius 2 is 1.61 bits per heavy atom. The van der Waals surface area contributed by atoms with Crippen LogP contribution in [0, 0.1) is 5.41 Å². The summed E-state index contributed by atoms with van der Waals surface area (Å²) in [6.07, 6.45) is 1.14. The number of halogens is 1. The number of alkyl halides is 1. The molecule has 0 fully saturated rings. The van der Waals surface area contributed by atoms with Crippen LogP contribution in [0.15, 0.2) is 24.3 Å². The standard InChI is InChI=1S/C16H25BrO/c1-6-16(4,5)13-7-9-14(10-8-13)18-12-15(2,3)11-17/h7-10H,6,11-12H2,1-5H3. The molecule has 0 heterocycles. The van der Waals surface area contributed by atoms with Gasteiger partial charge in [0.05, 0.1) is 6.61 Å². The van der Waals surface area contributed by atoms with Crippen LogP contribution in [0.25, 0.3) is 0 Å². The molecule has 0 amide bonds. The fourth-order valence-corrected chi connectivity index (χ4v) is 1.69. The molecular weight excluding hydrogens is 288 g/mol. The lowest BCUT2D eigenvalue weighted by molar-refractivity contribution is 0.203. The Morgan fingerprint density at radius 3 is 2.06 bits per heavy atom. The first-order valence-corrected chi connectivity index (χ1v) is 7.72. The highest BCUT2D eigenvalue weighted by molar-refractivity contribution is 9.09. The first-order valence-electron chi connectivity index (χ1n) is 6.60. The summed E-state index contributed by atoms with van der Waals surface area (Å²) >= 11 is 3.51. The first kappa shape index (κ1) is 15.6. The molecule has 0 aromatic heterocycles. The van der Waals surface area contributed by atoms with Crippen molar-refractivity contribution < 1.29 is 4.74 Å². The molecule has 0 atom stereocenters. The fraction of sp³-hybridized carbons (Fsp3) is 0.625. The lowest BCUT2D eigenvalue weighted by Gasteiger charge is -2.24. The lowest BCUT2D eigenvalue weighted by atomic mass is 9.82. The van der Waals surface area contributed by atoms with Gasteiger partial charge >= 0.3 is 0 Å². The molecule has 18 heavy (non-hydrogen) atoms. The van der Waals surface area contributed by atoms with E-state index >= 15 is 0 Å². The Balaban J connectivity index is 2.67. The molecule has 102 valence electrons. The Kier molecular flexibility index (Phi) is 5.27. The zero-order valence-corrected chi connectivity index (χ0v) is 13.8. The van der Waals surface area contributed by atoms with Crippen LogP contribution < -0.4 is 4.74 Å². The molecule has 1 nitrogen and oxygen atoms in total. The van der Waals surface area contributed by atoms with E-state index in [2.05, 4.69) is 74.8 Å². The molecular formula is C16H25BrO. The monoisotopic (exact) mass is 312 g/mol. The third-order valence-corrected chi connectivity index (χ3v) is 5.03. The van der Waals surface area contributed by atoms with Gasteiger partial charge < -0.3 is 4.74 Å². The van der Waals surface area contributed by atoms with Crippen molar-refractivity contribution in [3.63, 3.8) is 0 Å². The van der Waals surface area contributed by atoms with Gasteiger partial charge in [0.1, 0.15) is 5.75 Å². The van der Waals surface area contributed by atoms with Crippen LogP contribution in [-0.4, -0.2) is 11.9 Å². The van der Waals surface area contributed by atoms with E-state index in [4.69, 9.17) is 4.74 Å². The molecule has 0 N–H and O–H groups in total. The van der Waals surface area contributed by atoms with Gasteiger partial charge in [-0.25, -0.2) is 0 Å². The molecule has 0 saturated heterocycles. The molecule has 0 aliphatic carbocycles. The molecule has 2 heteroatoms. The molecule has 0 aliphatic heterocycles. The van der Waals surface area contributed by atoms with Gasteiger partial charge in [0.25, 0.3) is 0 Å². The minimum atomic E-state index is 0.168. The summed E-state index contributed by atoms with van der Waals surface area (Å²) < 4.78 is 5.83. The van der Waals surface area contributed by atoms with E-state index < -0.39 is 0 Å². The van der Waals surface area contributed by atoms with E-state index in [1.807, 2.05) is 0 Å². The molecule has 0 radical (unpaired) electrons. The third-order valence-electron chi connectivity index (χ3n) is 3.51. The number of ether oxygens (including phenoxy) is 1. The van der Waals surface area contributed by atoms with Crippen molar-refractivity contribution >= 4 is 15.9 Å². The SMILES string of the molecule is CCC(C)(C)c1ccc(OCC(C)(C)CBr)cc1. The topological polar surface area (TPSA) is 9.23 Å². The maximum Gasteiger partial charge on any atom is 0.119 e. The summed E-state index contributed by atoms with van der Waals surface area (Å²) in [7, 11) is 0. The molecule has 0 bridgehead atoms. The van der Waals surface area contributed by atoms with Crippen molar-refractivity contribution in [1.82, 2.24) is 0 Å². The quantitative estimate of drug-likeness (QED) is 0.658. The normalized spacial score (nSPS) is 12.6. The predicted molar refractivity (Wildman–Crippen MR) is 82.8 cm³/mol. The molecule has 0 spiro atoms. The number of hydrogen-bond acceptors (Lipinski definition) is 1. The molecule has 1 aromatic rings. The molecule has 0 saturated carbocycles. The van der Waals surface area contributed by atoms with Crippen molar-refractivity contribution in [2.24, 2.45) is 5.41 Å². The maximum atomic E-state index is 5.83. The second kappa shape index (κ2) is 6.10. The molecule has 1 rings (SSSR count). The van der Waals surface area contributed by atoms with E-state index in [1.165, 1.54) is 5.56 Å². The van der Waals surface area contributed by atoms with E-state index in [0.717, 1.165) is 24.1 Å². The van der Waals surface area contributed by atoms with Crippen LogP contribution in [-0.2, 0) is 5.41 Å². The Labute approximate surface area is 120 Å². The van der Waals surface area contributed by atoms with Crippen LogP contribution in [0.5, 0.6) is 5.75 Å². The number of hydrogen-bond donors (Lipinski definition) is 0. The largest absolute Gasteiger partial charge is 0.493 e. The van der Waals surface area contributed by atoms with Gasteiger partial charge in [0.15, 0.2) is 0 Å². The summed E-state index contributed by atoms with van der Waals surface area (Å²) in [4.78, 5) is 0. The van der Waals surface area contributed by atoms with Crippen LogP contribution >= 0.6 is 15.9 Å². The summed E-state index contributed by atoms with van der Waals surface area (Å²) in [6, 6.07) is 8.52. The predicted octanol–water partition coefficient (Wildman–Crippen LogP) is 5.17. The lowest BCUT2D eigenvalue weighted by Crippen LogP contribution is -2.22. The van der Waals surface area contributed by atoms with Gasteiger partial charge in [0.2, 0.25) is 0 Å². The summed E-state index contributed by atoms with van der Waals surface area (Å²) in [5, 5.41) is 0.945. The second-order valence-corrected chi connectivity index (χ2v) is 6.91. The third kappa shape index (κ3) is 4.31. The van der Waals surface area contributed by atoms with E-state index in [-0.39, 0.29) is 10.8 Å². The minimum absolute atomic E-state index is 0.168. The zero-order chi connectivity index (χ0) is 13.8. The van der Waals surface area contributed by atoms with Gasteiger partial charge in [-0.15, -0.1) is 0 Å². The molecule has 1 aromatic carbocycles. The van der Waals surface area contributed by atoms with Crippen LogP contribution in [0.3, 0.4) is 0 Å². The van der Waals surface area contributed by atoms with Crippen molar-refractivity contribution in [2.75, 3.05) is 11.9 Å². The van der Waals surface area contributed by atoms with Crippen LogP contribution in [0.2, 0.25) is 0 Å². The summed E-state index contributed by atoms with van der Waals surface area (Å²) in [5.74, 6) is 0.958. The van der Waals surface area contributed by atoms with Gasteiger partial charge in [-0.1, -0.05) is 62.7 Å². The average Bonchev–Trinajstić information content (AvgIpc) is 2.37. The van der Waals surface area contributed by atoms with Crippen molar-refractivity contribution in [2.45, 2.75) is 46.5 Å². The Bertz CT molecular complexity index is 365. The average molecular weight is 313 g/mol. The smallest absolute Gasteiger partial charge is 0.119 e. The van der Waals surface area contributed by atoms with Crippen molar-refractivity contribution in [1.29, 1.82) is 0 Å². The highest BCUT2D eigenvalue weighted by atomic mass is 79.9. The van der Waals surface area contributed by atoms with Gasteiger partial charge in [-0.2, -0.15) is 0 Å². The zero-order valence-electron chi connectivity index (χ0n) is 12.2. The molecule has 0 unspecified atom stereocenters. The Hall–Kier alpha value is -0.500. The van der Waals surface area contributed by atoms with Gasteiger partial charge in [0, 0.05) is 10.7 Å². The number of benzene rings is 1. The van der Waals surface area contributed by atoms with Crippen molar-refractivity contribution in [3.8, 4) is 5.75 Å². The maximum absolute atomic E-state index is 5.83.